The van der Waals surface area contributed by atoms with Crippen molar-refractivity contribution in [2.75, 3.05) is 0 Å². The first kappa shape index (κ1) is 10.1. The third-order valence-corrected chi connectivity index (χ3v) is 0.500. The molecule has 0 aliphatic carbocycles. The van der Waals surface area contributed by atoms with Gasteiger partial charge in [-0.3, -0.25) is 0 Å². The van der Waals surface area contributed by atoms with E-state index < -0.39 is 0 Å². The van der Waals surface area contributed by atoms with Crippen molar-refractivity contribution in [2.24, 2.45) is 0 Å². The molecule has 0 saturated heterocycles. The maximum atomic E-state index is 2.18. The van der Waals surface area contributed by atoms with Crippen molar-refractivity contribution in [3.8, 4) is 0 Å². The van der Waals surface area contributed by atoms with Gasteiger partial charge in [0.05, 0.1) is 0 Å². The van der Waals surface area contributed by atoms with Crippen LogP contribution in [-0.4, -0.2) is 0 Å². The van der Waals surface area contributed by atoms with Crippen LogP contribution < -0.4 is 68.9 Å². The molecule has 0 aromatic heterocycles. The molecular formula is C4H11Cs. The summed E-state index contributed by atoms with van der Waals surface area (Å²) in [6.07, 6.45) is 2.64. The molecule has 0 rings (SSSR count). The van der Waals surface area contributed by atoms with E-state index in [0.29, 0.717) is 0 Å². The van der Waals surface area contributed by atoms with Gasteiger partial charge in [-0.1, -0.05) is 26.7 Å². The molecule has 0 amide bonds. The predicted octanol–water partition coefficient (Wildman–Crippen LogP) is -1.08. The van der Waals surface area contributed by atoms with Gasteiger partial charge in [-0.25, -0.2) is 0 Å². The Labute approximate surface area is 94.6 Å². The van der Waals surface area contributed by atoms with Gasteiger partial charge in [0.15, 0.2) is 0 Å². The third-order valence-electron chi connectivity index (χ3n) is 0.500. The molecule has 0 saturated carbocycles. The van der Waals surface area contributed by atoms with Crippen LogP contribution in [-0.2, 0) is 0 Å². The molecule has 5 heavy (non-hydrogen) atoms. The van der Waals surface area contributed by atoms with E-state index >= 15 is 0 Å². The molecule has 0 N–H and O–H groups in total. The summed E-state index contributed by atoms with van der Waals surface area (Å²) >= 11 is 0. The number of rotatable bonds is 1. The minimum absolute atomic E-state index is 0. The van der Waals surface area contributed by atoms with Crippen LogP contribution in [0.5, 0.6) is 0 Å². The van der Waals surface area contributed by atoms with Crippen molar-refractivity contribution in [3.63, 3.8) is 0 Å². The van der Waals surface area contributed by atoms with E-state index in [1.807, 2.05) is 0 Å². The Balaban J connectivity index is -0.0000000450. The molecule has 0 fully saturated rings. The molecule has 0 aromatic rings. The third kappa shape index (κ3) is 10.7. The Morgan fingerprint density at radius 3 is 1.40 bits per heavy atom. The summed E-state index contributed by atoms with van der Waals surface area (Å²) < 4.78 is 0. The number of hydrogen-bond acceptors (Lipinski definition) is 0. The van der Waals surface area contributed by atoms with Crippen molar-refractivity contribution in [1.29, 1.82) is 0 Å². The minimum Gasteiger partial charge on any atom is -1.00 e. The summed E-state index contributed by atoms with van der Waals surface area (Å²) in [7, 11) is 0. The molecule has 1 heteroatoms. The van der Waals surface area contributed by atoms with E-state index in [4.69, 9.17) is 0 Å². The summed E-state index contributed by atoms with van der Waals surface area (Å²) in [5, 5.41) is 0. The Morgan fingerprint density at radius 1 is 1.20 bits per heavy atom. The second-order valence-electron chi connectivity index (χ2n) is 1.000. The first-order valence-electron chi connectivity index (χ1n) is 1.91. The van der Waals surface area contributed by atoms with Crippen LogP contribution in [0.3, 0.4) is 0 Å². The second kappa shape index (κ2) is 9.41. The van der Waals surface area contributed by atoms with Crippen LogP contribution >= 0.6 is 0 Å². The predicted molar refractivity (Wildman–Crippen MR) is 21.7 cm³/mol. The summed E-state index contributed by atoms with van der Waals surface area (Å²) in [4.78, 5) is 0. The van der Waals surface area contributed by atoms with Gasteiger partial charge in [0.2, 0.25) is 0 Å². The summed E-state index contributed by atoms with van der Waals surface area (Å²) in [5.74, 6) is 0. The fraction of sp³-hybridized carbons (Fsp3) is 1.00. The monoisotopic (exact) mass is 192 g/mol. The zero-order chi connectivity index (χ0) is 3.41. The number of hydrogen-bond donors (Lipinski definition) is 0. The van der Waals surface area contributed by atoms with Crippen LogP contribution in [0, 0.1) is 0 Å². The molecule has 28 valence electrons. The minimum atomic E-state index is 0. The Morgan fingerprint density at radius 2 is 1.40 bits per heavy atom. The van der Waals surface area contributed by atoms with Gasteiger partial charge in [-0.15, -0.1) is 0 Å². The molecule has 0 atom stereocenters. The van der Waals surface area contributed by atoms with E-state index in [-0.39, 0.29) is 70.3 Å². The summed E-state index contributed by atoms with van der Waals surface area (Å²) in [6, 6.07) is 0. The van der Waals surface area contributed by atoms with Crippen LogP contribution in [0.1, 0.15) is 28.1 Å². The Bertz CT molecular complexity index is 9.51. The molecule has 0 radical (unpaired) electrons. The van der Waals surface area contributed by atoms with Crippen molar-refractivity contribution in [2.45, 2.75) is 26.7 Å². The van der Waals surface area contributed by atoms with Gasteiger partial charge >= 0.3 is 68.9 Å². The van der Waals surface area contributed by atoms with E-state index in [2.05, 4.69) is 13.8 Å². The maximum absolute atomic E-state index is 2.18. The van der Waals surface area contributed by atoms with Gasteiger partial charge in [0, 0.05) is 0 Å². The van der Waals surface area contributed by atoms with Gasteiger partial charge in [-0.05, 0) is 0 Å². The van der Waals surface area contributed by atoms with Crippen LogP contribution in [0.25, 0.3) is 0 Å². The van der Waals surface area contributed by atoms with E-state index in [1.54, 1.807) is 0 Å². The maximum Gasteiger partial charge on any atom is 1.00 e. The molecular weight excluding hydrogens is 181 g/mol. The zero-order valence-corrected chi connectivity index (χ0v) is 10.7. The molecule has 0 aliphatic heterocycles. The van der Waals surface area contributed by atoms with Crippen LogP contribution in [0.15, 0.2) is 0 Å². The normalized spacial score (nSPS) is 6.00. The van der Waals surface area contributed by atoms with Gasteiger partial charge in [-0.2, -0.15) is 0 Å². The number of unbranched alkanes of at least 4 members (excludes halogenated alkanes) is 1. The van der Waals surface area contributed by atoms with Gasteiger partial charge in [0.25, 0.3) is 0 Å². The first-order valence-corrected chi connectivity index (χ1v) is 1.91. The largest absolute Gasteiger partial charge is 1.00 e. The van der Waals surface area contributed by atoms with Crippen molar-refractivity contribution in [3.05, 3.63) is 0 Å². The fourth-order valence-electron chi connectivity index (χ4n) is 0. The van der Waals surface area contributed by atoms with Crippen LogP contribution in [0.4, 0.5) is 0 Å². The van der Waals surface area contributed by atoms with Crippen molar-refractivity contribution in [1.82, 2.24) is 0 Å². The van der Waals surface area contributed by atoms with Gasteiger partial charge < -0.3 is 1.43 Å². The van der Waals surface area contributed by atoms with E-state index in [9.17, 15) is 0 Å². The quantitative estimate of drug-likeness (QED) is 0.496. The van der Waals surface area contributed by atoms with E-state index in [0.717, 1.165) is 0 Å². The summed E-state index contributed by atoms with van der Waals surface area (Å²) in [5.41, 5.74) is 0. The SMILES string of the molecule is CCCC.[Cs+].[H-]. The topological polar surface area (TPSA) is 0 Å². The molecule has 0 unspecified atom stereocenters. The Hall–Kier alpha value is 2.05. The molecule has 0 aromatic carbocycles. The second-order valence-corrected chi connectivity index (χ2v) is 1.000. The van der Waals surface area contributed by atoms with Crippen molar-refractivity contribution < 1.29 is 70.3 Å². The van der Waals surface area contributed by atoms with Crippen LogP contribution in [0.2, 0.25) is 0 Å². The molecule has 0 bridgehead atoms. The average molecular weight is 192 g/mol. The molecule has 0 nitrogen and oxygen atoms in total. The fourth-order valence-corrected chi connectivity index (χ4v) is 0. The Kier molecular flexibility index (Phi) is 19.0. The smallest absolute Gasteiger partial charge is 1.00 e. The average Bonchev–Trinajstić information content (AvgIpc) is 1.37. The van der Waals surface area contributed by atoms with E-state index in [1.165, 1.54) is 12.8 Å². The zero-order valence-electron chi connectivity index (χ0n) is 5.41. The first-order chi connectivity index (χ1) is 1.91. The van der Waals surface area contributed by atoms with Crippen molar-refractivity contribution >= 4 is 0 Å². The molecule has 0 aliphatic rings. The summed E-state index contributed by atoms with van der Waals surface area (Å²) in [6.45, 7) is 4.36. The molecule has 0 heterocycles. The standard InChI is InChI=1S/C4H10.Cs.H/c1-3-4-2;;/h3-4H2,1-2H3;;/q;+1;-1. The molecule has 0 spiro atoms. The van der Waals surface area contributed by atoms with Gasteiger partial charge in [0.1, 0.15) is 0 Å².